The van der Waals surface area contributed by atoms with Crippen LogP contribution in [-0.2, 0) is 18.5 Å². The Labute approximate surface area is 112 Å². The van der Waals surface area contributed by atoms with E-state index in [2.05, 4.69) is 15.0 Å². The summed E-state index contributed by atoms with van der Waals surface area (Å²) in [5.41, 5.74) is -0.352. The molecule has 0 aliphatic heterocycles. The average Bonchev–Trinajstić information content (AvgIpc) is 2.39. The van der Waals surface area contributed by atoms with E-state index in [4.69, 9.17) is 11.6 Å². The number of hydrogen-bond donors (Lipinski definition) is 0. The molecular weight excluding hydrogens is 279 g/mol. The number of aromatic nitrogens is 3. The lowest BCUT2D eigenvalue weighted by Crippen LogP contribution is -2.14. The summed E-state index contributed by atoms with van der Waals surface area (Å²) in [6.45, 7) is 0. The standard InChI is InChI=1S/C12H9ClF3N3/c13-5-9-7-18-10(19-11(9)12(14,15)16)4-8-2-1-3-17-6-8/h1-3,6-7H,4-5H2. The van der Waals surface area contributed by atoms with Crippen molar-refractivity contribution in [3.8, 4) is 0 Å². The maximum absolute atomic E-state index is 12.8. The van der Waals surface area contributed by atoms with Gasteiger partial charge in [0, 0.05) is 30.6 Å². The van der Waals surface area contributed by atoms with Gasteiger partial charge < -0.3 is 0 Å². The molecule has 0 N–H and O–H groups in total. The maximum Gasteiger partial charge on any atom is 0.433 e. The van der Waals surface area contributed by atoms with Gasteiger partial charge in [-0.05, 0) is 11.6 Å². The Kier molecular flexibility index (Phi) is 3.99. The summed E-state index contributed by atoms with van der Waals surface area (Å²) in [6.07, 6.45) is -0.0704. The van der Waals surface area contributed by atoms with Gasteiger partial charge in [0.2, 0.25) is 0 Å². The first-order chi connectivity index (χ1) is 9.00. The maximum atomic E-state index is 12.8. The van der Waals surface area contributed by atoms with Crippen LogP contribution < -0.4 is 0 Å². The van der Waals surface area contributed by atoms with Crippen molar-refractivity contribution < 1.29 is 13.2 Å². The van der Waals surface area contributed by atoms with Gasteiger partial charge in [0.25, 0.3) is 0 Å². The number of alkyl halides is 4. The van der Waals surface area contributed by atoms with E-state index < -0.39 is 11.9 Å². The Hall–Kier alpha value is -1.69. The number of pyridine rings is 1. The van der Waals surface area contributed by atoms with Crippen LogP contribution in [0.3, 0.4) is 0 Å². The SMILES string of the molecule is FC(F)(F)c1nc(Cc2cccnc2)ncc1CCl. The molecule has 0 amide bonds. The highest BCUT2D eigenvalue weighted by atomic mass is 35.5. The Bertz CT molecular complexity index is 558. The first kappa shape index (κ1) is 13.7. The molecule has 0 aliphatic rings. The van der Waals surface area contributed by atoms with Gasteiger partial charge in [-0.2, -0.15) is 13.2 Å². The highest BCUT2D eigenvalue weighted by molar-refractivity contribution is 6.17. The third kappa shape index (κ3) is 3.41. The number of hydrogen-bond acceptors (Lipinski definition) is 3. The molecule has 0 spiro atoms. The van der Waals surface area contributed by atoms with Gasteiger partial charge in [0.1, 0.15) is 5.82 Å². The molecule has 0 saturated carbocycles. The minimum absolute atomic E-state index is 0.0918. The summed E-state index contributed by atoms with van der Waals surface area (Å²) in [6, 6.07) is 3.45. The monoisotopic (exact) mass is 287 g/mol. The molecule has 2 aromatic rings. The van der Waals surface area contributed by atoms with Crippen molar-refractivity contribution in [3.63, 3.8) is 0 Å². The first-order valence-electron chi connectivity index (χ1n) is 5.37. The Morgan fingerprint density at radius 2 is 2.00 bits per heavy atom. The Morgan fingerprint density at radius 1 is 1.21 bits per heavy atom. The molecule has 2 rings (SSSR count). The second-order valence-electron chi connectivity index (χ2n) is 3.83. The topological polar surface area (TPSA) is 38.7 Å². The molecule has 0 bridgehead atoms. The molecule has 0 unspecified atom stereocenters. The Morgan fingerprint density at radius 3 is 2.58 bits per heavy atom. The molecule has 0 radical (unpaired) electrons. The molecule has 19 heavy (non-hydrogen) atoms. The summed E-state index contributed by atoms with van der Waals surface area (Å²) in [7, 11) is 0. The normalized spacial score (nSPS) is 11.6. The second kappa shape index (κ2) is 5.52. The highest BCUT2D eigenvalue weighted by Gasteiger charge is 2.35. The quantitative estimate of drug-likeness (QED) is 0.814. The largest absolute Gasteiger partial charge is 0.433 e. The van der Waals surface area contributed by atoms with Crippen molar-refractivity contribution in [1.82, 2.24) is 15.0 Å². The zero-order valence-electron chi connectivity index (χ0n) is 9.65. The van der Waals surface area contributed by atoms with Gasteiger partial charge in [-0.25, -0.2) is 9.97 Å². The molecule has 3 nitrogen and oxygen atoms in total. The van der Waals surface area contributed by atoms with Crippen LogP contribution in [0.5, 0.6) is 0 Å². The third-order valence-electron chi connectivity index (χ3n) is 2.41. The van der Waals surface area contributed by atoms with Crippen LogP contribution in [0.4, 0.5) is 13.2 Å². The van der Waals surface area contributed by atoms with Gasteiger partial charge in [-0.15, -0.1) is 11.6 Å². The lowest BCUT2D eigenvalue weighted by molar-refractivity contribution is -0.141. The van der Waals surface area contributed by atoms with Crippen molar-refractivity contribution in [2.24, 2.45) is 0 Å². The Balaban J connectivity index is 2.33. The minimum Gasteiger partial charge on any atom is -0.264 e. The predicted molar refractivity (Wildman–Crippen MR) is 63.6 cm³/mol. The second-order valence-corrected chi connectivity index (χ2v) is 4.10. The molecule has 0 atom stereocenters. The van der Waals surface area contributed by atoms with Crippen molar-refractivity contribution >= 4 is 11.6 Å². The van der Waals surface area contributed by atoms with Crippen LogP contribution in [0.2, 0.25) is 0 Å². The van der Waals surface area contributed by atoms with Gasteiger partial charge in [-0.3, -0.25) is 4.98 Å². The molecule has 0 aliphatic carbocycles. The lowest BCUT2D eigenvalue weighted by Gasteiger charge is -2.11. The molecule has 0 fully saturated rings. The molecule has 2 aromatic heterocycles. The molecular formula is C12H9ClF3N3. The van der Waals surface area contributed by atoms with Gasteiger partial charge >= 0.3 is 6.18 Å². The molecule has 7 heteroatoms. The van der Waals surface area contributed by atoms with Crippen molar-refractivity contribution in [2.75, 3.05) is 0 Å². The van der Waals surface area contributed by atoms with E-state index >= 15 is 0 Å². The molecule has 2 heterocycles. The van der Waals surface area contributed by atoms with Crippen molar-refractivity contribution in [1.29, 1.82) is 0 Å². The fraction of sp³-hybridized carbons (Fsp3) is 0.250. The number of rotatable bonds is 3. The van der Waals surface area contributed by atoms with Crippen molar-refractivity contribution in [3.05, 3.63) is 53.4 Å². The summed E-state index contributed by atoms with van der Waals surface area (Å²) in [5.74, 6) is -0.184. The van der Waals surface area contributed by atoms with Gasteiger partial charge in [0.05, 0.1) is 5.88 Å². The van der Waals surface area contributed by atoms with E-state index in [-0.39, 0.29) is 23.7 Å². The van der Waals surface area contributed by atoms with Crippen LogP contribution in [0.15, 0.2) is 30.7 Å². The van der Waals surface area contributed by atoms with Gasteiger partial charge in [-0.1, -0.05) is 6.07 Å². The average molecular weight is 288 g/mol. The molecule has 0 saturated heterocycles. The van der Waals surface area contributed by atoms with Crippen LogP contribution in [0.1, 0.15) is 22.6 Å². The summed E-state index contributed by atoms with van der Waals surface area (Å²) >= 11 is 5.46. The van der Waals surface area contributed by atoms with Crippen LogP contribution in [0.25, 0.3) is 0 Å². The summed E-state index contributed by atoms with van der Waals surface area (Å²) < 4.78 is 38.4. The zero-order valence-corrected chi connectivity index (χ0v) is 10.4. The predicted octanol–water partition coefficient (Wildman–Crippen LogP) is 3.22. The van der Waals surface area contributed by atoms with Crippen LogP contribution in [0, 0.1) is 0 Å². The van der Waals surface area contributed by atoms with E-state index in [1.807, 2.05) is 0 Å². The lowest BCUT2D eigenvalue weighted by atomic mass is 10.2. The fourth-order valence-corrected chi connectivity index (χ4v) is 1.75. The van der Waals surface area contributed by atoms with E-state index in [1.54, 1.807) is 24.5 Å². The smallest absolute Gasteiger partial charge is 0.264 e. The van der Waals surface area contributed by atoms with E-state index in [1.165, 1.54) is 0 Å². The van der Waals surface area contributed by atoms with Crippen LogP contribution in [-0.4, -0.2) is 15.0 Å². The first-order valence-corrected chi connectivity index (χ1v) is 5.91. The summed E-state index contributed by atoms with van der Waals surface area (Å²) in [4.78, 5) is 11.3. The highest BCUT2D eigenvalue weighted by Crippen LogP contribution is 2.31. The minimum atomic E-state index is -4.53. The van der Waals surface area contributed by atoms with Crippen LogP contribution >= 0.6 is 11.6 Å². The number of nitrogens with zero attached hydrogens (tertiary/aromatic N) is 3. The summed E-state index contributed by atoms with van der Waals surface area (Å²) in [5, 5.41) is 0. The number of halogens is 4. The zero-order chi connectivity index (χ0) is 13.9. The molecule has 0 aromatic carbocycles. The van der Waals surface area contributed by atoms with E-state index in [0.29, 0.717) is 0 Å². The van der Waals surface area contributed by atoms with E-state index in [0.717, 1.165) is 11.8 Å². The fourth-order valence-electron chi connectivity index (χ4n) is 1.56. The third-order valence-corrected chi connectivity index (χ3v) is 2.70. The van der Waals surface area contributed by atoms with Crippen molar-refractivity contribution in [2.45, 2.75) is 18.5 Å². The molecule has 100 valence electrons. The van der Waals surface area contributed by atoms with E-state index in [9.17, 15) is 13.2 Å². The van der Waals surface area contributed by atoms with Gasteiger partial charge in [0.15, 0.2) is 5.69 Å².